The molecular formula is C40H30N2O5. The summed E-state index contributed by atoms with van der Waals surface area (Å²) in [7, 11) is 1.48. The van der Waals surface area contributed by atoms with Crippen LogP contribution in [0.15, 0.2) is 143 Å². The predicted octanol–water partition coefficient (Wildman–Crippen LogP) is 8.21. The van der Waals surface area contributed by atoms with E-state index in [9.17, 15) is 4.79 Å². The Kier molecular flexibility index (Phi) is 6.87. The smallest absolute Gasteiger partial charge is 0.235 e. The van der Waals surface area contributed by atoms with Crippen molar-refractivity contribution in [3.8, 4) is 39.8 Å². The molecule has 230 valence electrons. The van der Waals surface area contributed by atoms with Crippen LogP contribution in [0, 0.1) is 6.92 Å². The molecule has 0 spiro atoms. The van der Waals surface area contributed by atoms with Crippen LogP contribution in [0.5, 0.6) is 17.2 Å². The molecule has 47 heavy (non-hydrogen) atoms. The van der Waals surface area contributed by atoms with Crippen molar-refractivity contribution >= 4 is 11.0 Å². The normalized spacial score (nSPS) is 12.4. The maximum absolute atomic E-state index is 14.0. The number of rotatable bonds is 7. The van der Waals surface area contributed by atoms with Crippen LogP contribution in [-0.4, -0.2) is 23.5 Å². The molecule has 7 nitrogen and oxygen atoms in total. The summed E-state index contributed by atoms with van der Waals surface area (Å²) in [5, 5.41) is 0.413. The summed E-state index contributed by atoms with van der Waals surface area (Å²) in [6, 6.07) is 40.5. The Morgan fingerprint density at radius 3 is 2.00 bits per heavy atom. The first kappa shape index (κ1) is 28.4. The lowest BCUT2D eigenvalue weighted by Crippen LogP contribution is -2.36. The van der Waals surface area contributed by atoms with Crippen molar-refractivity contribution in [3.05, 3.63) is 166 Å². The van der Waals surface area contributed by atoms with Crippen LogP contribution in [0.1, 0.15) is 22.3 Å². The molecule has 2 aromatic heterocycles. The van der Waals surface area contributed by atoms with Gasteiger partial charge < -0.3 is 23.2 Å². The van der Waals surface area contributed by atoms with Crippen LogP contribution < -0.4 is 19.6 Å². The predicted molar refractivity (Wildman–Crippen MR) is 181 cm³/mol. The van der Waals surface area contributed by atoms with Gasteiger partial charge in [-0.2, -0.15) is 0 Å². The number of hydrogen-bond acceptors (Lipinski definition) is 6. The Hall–Kier alpha value is -6.08. The van der Waals surface area contributed by atoms with Gasteiger partial charge in [-0.25, -0.2) is 4.98 Å². The quantitative estimate of drug-likeness (QED) is 0.168. The molecule has 5 aromatic carbocycles. The molecule has 0 fully saturated rings. The average molecular weight is 619 g/mol. The zero-order valence-electron chi connectivity index (χ0n) is 25.8. The molecule has 0 atom stereocenters. The second-order valence-corrected chi connectivity index (χ2v) is 11.5. The van der Waals surface area contributed by atoms with Crippen molar-refractivity contribution in [2.45, 2.75) is 12.5 Å². The lowest BCUT2D eigenvalue weighted by molar-refractivity contribution is 0.174. The number of methoxy groups -OCH3 is 1. The first-order valence-corrected chi connectivity index (χ1v) is 15.3. The summed E-state index contributed by atoms with van der Waals surface area (Å²) < 4.78 is 25.5. The summed E-state index contributed by atoms with van der Waals surface area (Å²) >= 11 is 0. The van der Waals surface area contributed by atoms with Gasteiger partial charge >= 0.3 is 0 Å². The maximum atomic E-state index is 14.0. The van der Waals surface area contributed by atoms with Gasteiger partial charge in [-0.05, 0) is 59.5 Å². The van der Waals surface area contributed by atoms with Crippen LogP contribution in [0.3, 0.4) is 0 Å². The summed E-state index contributed by atoms with van der Waals surface area (Å²) in [5.74, 6) is 1.64. The first-order valence-electron chi connectivity index (χ1n) is 15.3. The standard InChI is InChI=1S/C40H30N2O5/c1-26-20-31(38-32(21-26)36(43)39(44-2)37(47-38)27-18-19-34-35(22-27)46-25-45-34)33-23-42(24-41-33)40(28-12-6-3-7-13-28,29-14-8-4-9-15-29)30-16-10-5-11-17-30/h3-24H,25H2,1-2H3. The zero-order valence-corrected chi connectivity index (χ0v) is 25.8. The number of nitrogens with zero attached hydrogens (tertiary/aromatic N) is 2. The number of aromatic nitrogens is 2. The second-order valence-electron chi connectivity index (χ2n) is 11.5. The van der Waals surface area contributed by atoms with Crippen LogP contribution in [0.25, 0.3) is 33.6 Å². The molecular weight excluding hydrogens is 588 g/mol. The van der Waals surface area contributed by atoms with E-state index < -0.39 is 5.54 Å². The number of benzene rings is 5. The van der Waals surface area contributed by atoms with Gasteiger partial charge in [-0.15, -0.1) is 0 Å². The van der Waals surface area contributed by atoms with Gasteiger partial charge in [0, 0.05) is 17.3 Å². The molecule has 1 aliphatic rings. The highest BCUT2D eigenvalue weighted by Crippen LogP contribution is 2.43. The van der Waals surface area contributed by atoms with Crippen molar-refractivity contribution < 1.29 is 18.6 Å². The second kappa shape index (κ2) is 11.4. The Morgan fingerprint density at radius 1 is 0.766 bits per heavy atom. The monoisotopic (exact) mass is 618 g/mol. The van der Waals surface area contributed by atoms with Crippen LogP contribution in [0.2, 0.25) is 0 Å². The molecule has 0 amide bonds. The van der Waals surface area contributed by atoms with Crippen molar-refractivity contribution in [3.63, 3.8) is 0 Å². The minimum atomic E-state index is -0.740. The average Bonchev–Trinajstić information content (AvgIpc) is 3.80. The summed E-state index contributed by atoms with van der Waals surface area (Å²) in [6.07, 6.45) is 3.89. The molecule has 7 aromatic rings. The molecule has 0 bridgehead atoms. The van der Waals surface area contributed by atoms with E-state index in [1.165, 1.54) is 7.11 Å². The fourth-order valence-corrected chi connectivity index (χ4v) is 6.66. The van der Waals surface area contributed by atoms with E-state index in [0.717, 1.165) is 22.3 Å². The minimum absolute atomic E-state index is 0.120. The third-order valence-electron chi connectivity index (χ3n) is 8.75. The maximum Gasteiger partial charge on any atom is 0.235 e. The van der Waals surface area contributed by atoms with E-state index in [0.29, 0.717) is 45.0 Å². The van der Waals surface area contributed by atoms with Gasteiger partial charge in [-0.1, -0.05) is 91.0 Å². The van der Waals surface area contributed by atoms with E-state index in [1.807, 2.05) is 55.8 Å². The zero-order chi connectivity index (χ0) is 32.0. The van der Waals surface area contributed by atoms with Gasteiger partial charge in [0.2, 0.25) is 18.0 Å². The highest BCUT2D eigenvalue weighted by Gasteiger charge is 2.38. The fraction of sp³-hybridized carbons (Fsp3) is 0.100. The molecule has 0 unspecified atom stereocenters. The Balaban J connectivity index is 1.38. The molecule has 0 aliphatic carbocycles. The SMILES string of the molecule is COc1c(-c2ccc3c(c2)OCO3)oc2c(-c3cn(C(c4ccccc4)(c4ccccc4)c4ccccc4)cn3)cc(C)cc2c1=O. The van der Waals surface area contributed by atoms with Crippen molar-refractivity contribution in [2.75, 3.05) is 13.9 Å². The van der Waals surface area contributed by atoms with Crippen molar-refractivity contribution in [1.29, 1.82) is 0 Å². The molecule has 0 radical (unpaired) electrons. The minimum Gasteiger partial charge on any atom is -0.490 e. The van der Waals surface area contributed by atoms with Crippen LogP contribution in [0.4, 0.5) is 0 Å². The lowest BCUT2D eigenvalue weighted by atomic mass is 9.77. The summed E-state index contributed by atoms with van der Waals surface area (Å²) in [6.45, 7) is 2.10. The fourth-order valence-electron chi connectivity index (χ4n) is 6.66. The van der Waals surface area contributed by atoms with Crippen molar-refractivity contribution in [1.82, 2.24) is 9.55 Å². The van der Waals surface area contributed by atoms with Gasteiger partial charge in [0.25, 0.3) is 0 Å². The number of fused-ring (bicyclic) bond motifs is 2. The van der Waals surface area contributed by atoms with Crippen molar-refractivity contribution in [2.24, 2.45) is 0 Å². The van der Waals surface area contributed by atoms with Crippen LogP contribution >= 0.6 is 0 Å². The van der Waals surface area contributed by atoms with Gasteiger partial charge in [0.15, 0.2) is 17.3 Å². The highest BCUT2D eigenvalue weighted by atomic mass is 16.7. The lowest BCUT2D eigenvalue weighted by Gasteiger charge is -2.37. The van der Waals surface area contributed by atoms with Gasteiger partial charge in [0.1, 0.15) is 11.1 Å². The van der Waals surface area contributed by atoms with E-state index in [2.05, 4.69) is 77.4 Å². The number of hydrogen-bond donors (Lipinski definition) is 0. The summed E-state index contributed by atoms with van der Waals surface area (Å²) in [5.41, 5.74) is 5.55. The summed E-state index contributed by atoms with van der Waals surface area (Å²) in [4.78, 5) is 19.0. The first-order chi connectivity index (χ1) is 23.1. The molecule has 0 saturated carbocycles. The van der Waals surface area contributed by atoms with E-state index >= 15 is 0 Å². The number of ether oxygens (including phenoxy) is 3. The van der Waals surface area contributed by atoms with Gasteiger partial charge in [-0.3, -0.25) is 4.79 Å². The Labute approximate surface area is 271 Å². The number of imidazole rings is 1. The third-order valence-corrected chi connectivity index (χ3v) is 8.75. The van der Waals surface area contributed by atoms with E-state index in [-0.39, 0.29) is 18.0 Å². The molecule has 7 heteroatoms. The Morgan fingerprint density at radius 2 is 1.38 bits per heavy atom. The van der Waals surface area contributed by atoms with Crippen LogP contribution in [-0.2, 0) is 5.54 Å². The van der Waals surface area contributed by atoms with E-state index in [4.69, 9.17) is 23.6 Å². The molecule has 0 N–H and O–H groups in total. The topological polar surface area (TPSA) is 75.7 Å². The largest absolute Gasteiger partial charge is 0.490 e. The van der Waals surface area contributed by atoms with Gasteiger partial charge in [0.05, 0.1) is 24.5 Å². The molecule has 1 aliphatic heterocycles. The van der Waals surface area contributed by atoms with E-state index in [1.54, 1.807) is 12.1 Å². The number of aryl methyl sites for hydroxylation is 1. The molecule has 3 heterocycles. The third kappa shape index (κ3) is 4.58. The highest BCUT2D eigenvalue weighted by molar-refractivity contribution is 5.94. The Bertz CT molecular complexity index is 2200. The molecule has 0 saturated heterocycles. The molecule has 8 rings (SSSR count).